The van der Waals surface area contributed by atoms with E-state index in [2.05, 4.69) is 0 Å². The summed E-state index contributed by atoms with van der Waals surface area (Å²) in [4.78, 5) is 11.7. The van der Waals surface area contributed by atoms with Gasteiger partial charge in [-0.05, 0) is 47.9 Å². The molecule has 0 unspecified atom stereocenters. The van der Waals surface area contributed by atoms with Gasteiger partial charge in [0.15, 0.2) is 11.6 Å². The summed E-state index contributed by atoms with van der Waals surface area (Å²) in [5.41, 5.74) is 0.786. The lowest BCUT2D eigenvalue weighted by atomic mass is 10.1. The lowest BCUT2D eigenvalue weighted by Crippen LogP contribution is -2.06. The van der Waals surface area contributed by atoms with E-state index < -0.39 is 34.3 Å². The molecule has 0 heterocycles. The Morgan fingerprint density at radius 2 is 1.93 bits per heavy atom. The molecule has 0 saturated heterocycles. The number of hydrogen-bond acceptors (Lipinski definition) is 3. The molecular weight excluding hydrogens is 400 g/mol. The fourth-order valence-corrected chi connectivity index (χ4v) is 2.89. The van der Waals surface area contributed by atoms with Crippen LogP contribution in [0, 0.1) is 5.82 Å². The summed E-state index contributed by atoms with van der Waals surface area (Å²) < 4.78 is 62.6. The average molecular weight is 413 g/mol. The van der Waals surface area contributed by atoms with Gasteiger partial charge in [-0.15, -0.1) is 0 Å². The lowest BCUT2D eigenvalue weighted by Gasteiger charge is -2.13. The van der Waals surface area contributed by atoms with Gasteiger partial charge in [-0.3, -0.25) is 0 Å². The van der Waals surface area contributed by atoms with Crippen LogP contribution in [0.1, 0.15) is 23.6 Å². The molecule has 2 aromatic rings. The van der Waals surface area contributed by atoms with E-state index in [1.807, 2.05) is 0 Å². The summed E-state index contributed by atoms with van der Waals surface area (Å²) in [7, 11) is 0. The van der Waals surface area contributed by atoms with Crippen molar-refractivity contribution in [1.82, 2.24) is 0 Å². The van der Waals surface area contributed by atoms with Gasteiger partial charge in [0.1, 0.15) is 5.75 Å². The molecule has 0 saturated carbocycles. The van der Waals surface area contributed by atoms with Crippen LogP contribution in [0.25, 0.3) is 11.6 Å². The Bertz CT molecular complexity index is 970. The molecule has 0 N–H and O–H groups in total. The largest absolute Gasteiger partial charge is 0.463 e. The van der Waals surface area contributed by atoms with Crippen molar-refractivity contribution < 1.29 is 31.8 Å². The first-order valence-corrected chi connectivity index (χ1v) is 8.52. The van der Waals surface area contributed by atoms with Crippen LogP contribution in [0.15, 0.2) is 42.5 Å². The summed E-state index contributed by atoms with van der Waals surface area (Å²) in [5, 5.41) is -0.506. The van der Waals surface area contributed by atoms with Gasteiger partial charge < -0.3 is 9.47 Å². The van der Waals surface area contributed by atoms with Crippen LogP contribution in [-0.4, -0.2) is 12.6 Å². The minimum absolute atomic E-state index is 0.151. The van der Waals surface area contributed by atoms with Gasteiger partial charge in [0.25, 0.3) is 0 Å². The maximum Gasteiger partial charge on any atom is 0.416 e. The molecule has 3 nitrogen and oxygen atoms in total. The van der Waals surface area contributed by atoms with Gasteiger partial charge in [-0.2, -0.15) is 13.2 Å². The van der Waals surface area contributed by atoms with Crippen molar-refractivity contribution in [3.05, 3.63) is 70.0 Å². The predicted molar refractivity (Wildman–Crippen MR) is 96.6 cm³/mol. The van der Waals surface area contributed by atoms with E-state index in [1.165, 1.54) is 18.2 Å². The van der Waals surface area contributed by atoms with E-state index in [1.54, 1.807) is 25.1 Å². The van der Waals surface area contributed by atoms with E-state index >= 15 is 0 Å². The fraction of sp³-hybridized carbons (Fsp3) is 0.150. The molecule has 146 valence electrons. The predicted octanol–water partition coefficient (Wildman–Crippen LogP) is 6.26. The number of benzene rings is 2. The molecule has 0 aromatic heterocycles. The Kier molecular flexibility index (Phi) is 5.47. The Hall–Kier alpha value is -2.80. The zero-order valence-electron chi connectivity index (χ0n) is 14.4. The summed E-state index contributed by atoms with van der Waals surface area (Å²) >= 11 is 5.79. The molecule has 0 fully saturated rings. The molecule has 1 aliphatic carbocycles. The number of esters is 1. The molecule has 0 atom stereocenters. The minimum atomic E-state index is -4.73. The van der Waals surface area contributed by atoms with Crippen LogP contribution in [0.3, 0.4) is 0 Å². The zero-order valence-corrected chi connectivity index (χ0v) is 15.2. The molecule has 0 radical (unpaired) electrons. The van der Waals surface area contributed by atoms with Crippen molar-refractivity contribution in [2.45, 2.75) is 13.1 Å². The van der Waals surface area contributed by atoms with Gasteiger partial charge in [-0.25, -0.2) is 9.18 Å². The molecule has 8 heteroatoms. The topological polar surface area (TPSA) is 35.5 Å². The van der Waals surface area contributed by atoms with Crippen LogP contribution < -0.4 is 4.74 Å². The van der Waals surface area contributed by atoms with Crippen molar-refractivity contribution in [3.63, 3.8) is 0 Å². The number of alkyl halides is 3. The molecule has 0 bridgehead atoms. The fourth-order valence-electron chi connectivity index (χ4n) is 2.64. The van der Waals surface area contributed by atoms with E-state index in [4.69, 9.17) is 21.1 Å². The SMILES string of the molecule is CCOC(=O)/C=C1/C=Cc2ccc(Oc3c(F)cc(C(F)(F)F)cc3Cl)cc21. The third-order valence-corrected chi connectivity index (χ3v) is 4.16. The average Bonchev–Trinajstić information content (AvgIpc) is 2.99. The zero-order chi connectivity index (χ0) is 20.5. The first-order chi connectivity index (χ1) is 13.2. The number of allylic oxidation sites excluding steroid dienone is 2. The first kappa shape index (κ1) is 19.9. The number of carbonyl (C=O) groups excluding carboxylic acids is 1. The molecule has 0 aliphatic heterocycles. The van der Waals surface area contributed by atoms with E-state index in [-0.39, 0.29) is 12.4 Å². The van der Waals surface area contributed by atoms with Gasteiger partial charge >= 0.3 is 12.1 Å². The van der Waals surface area contributed by atoms with Crippen molar-refractivity contribution in [1.29, 1.82) is 0 Å². The maximum atomic E-state index is 14.1. The van der Waals surface area contributed by atoms with Crippen LogP contribution in [0.5, 0.6) is 11.5 Å². The minimum Gasteiger partial charge on any atom is -0.463 e. The van der Waals surface area contributed by atoms with Crippen LogP contribution in [0.4, 0.5) is 17.6 Å². The molecule has 1 aliphatic rings. The van der Waals surface area contributed by atoms with Crippen molar-refractivity contribution in [3.8, 4) is 11.5 Å². The van der Waals surface area contributed by atoms with Gasteiger partial charge in [0, 0.05) is 6.08 Å². The Balaban J connectivity index is 1.91. The molecule has 2 aromatic carbocycles. The Morgan fingerprint density at radius 1 is 1.18 bits per heavy atom. The second-order valence-corrected chi connectivity index (χ2v) is 6.21. The van der Waals surface area contributed by atoms with Crippen LogP contribution >= 0.6 is 11.6 Å². The molecule has 0 amide bonds. The highest BCUT2D eigenvalue weighted by atomic mass is 35.5. The van der Waals surface area contributed by atoms with Gasteiger partial charge in [0.05, 0.1) is 17.2 Å². The molecule has 3 rings (SSSR count). The van der Waals surface area contributed by atoms with Crippen LogP contribution in [0.2, 0.25) is 5.02 Å². The quantitative estimate of drug-likeness (QED) is 0.337. The Morgan fingerprint density at radius 3 is 2.57 bits per heavy atom. The second kappa shape index (κ2) is 7.67. The summed E-state index contributed by atoms with van der Waals surface area (Å²) in [5.74, 6) is -2.12. The monoisotopic (exact) mass is 412 g/mol. The van der Waals surface area contributed by atoms with E-state index in [0.29, 0.717) is 23.3 Å². The molecule has 28 heavy (non-hydrogen) atoms. The van der Waals surface area contributed by atoms with E-state index in [0.717, 1.165) is 5.56 Å². The number of ether oxygens (including phenoxy) is 2. The number of hydrogen-bond donors (Lipinski definition) is 0. The summed E-state index contributed by atoms with van der Waals surface area (Å²) in [6.07, 6.45) is 0.0588. The Labute approximate surface area is 162 Å². The summed E-state index contributed by atoms with van der Waals surface area (Å²) in [6, 6.07) is 5.64. The van der Waals surface area contributed by atoms with Gasteiger partial charge in [0.2, 0.25) is 0 Å². The van der Waals surface area contributed by atoms with Crippen molar-refractivity contribution in [2.75, 3.05) is 6.61 Å². The summed E-state index contributed by atoms with van der Waals surface area (Å²) in [6.45, 7) is 1.91. The standard InChI is InChI=1S/C20H13ClF4O3/c1-2-27-18(26)7-12-4-3-11-5-6-14(10-15(11)12)28-19-16(21)8-13(9-17(19)22)20(23,24)25/h3-10H,2H2,1H3/b12-7-. The number of fused-ring (bicyclic) bond motifs is 1. The van der Waals surface area contributed by atoms with Crippen LogP contribution in [-0.2, 0) is 15.7 Å². The van der Waals surface area contributed by atoms with Gasteiger partial charge in [-0.1, -0.05) is 29.8 Å². The highest BCUT2D eigenvalue weighted by molar-refractivity contribution is 6.32. The third kappa shape index (κ3) is 4.20. The number of halogens is 5. The lowest BCUT2D eigenvalue weighted by molar-refractivity contribution is -0.138. The second-order valence-electron chi connectivity index (χ2n) is 5.80. The normalized spacial score (nSPS) is 14.3. The van der Waals surface area contributed by atoms with Crippen molar-refractivity contribution >= 4 is 29.2 Å². The smallest absolute Gasteiger partial charge is 0.416 e. The first-order valence-electron chi connectivity index (χ1n) is 8.14. The number of rotatable bonds is 4. The van der Waals surface area contributed by atoms with E-state index in [9.17, 15) is 22.4 Å². The maximum absolute atomic E-state index is 14.1. The highest BCUT2D eigenvalue weighted by Crippen LogP contribution is 2.40. The third-order valence-electron chi connectivity index (χ3n) is 3.88. The highest BCUT2D eigenvalue weighted by Gasteiger charge is 2.32. The molecule has 0 spiro atoms. The van der Waals surface area contributed by atoms with Crippen molar-refractivity contribution in [2.24, 2.45) is 0 Å². The molecular formula is C20H13ClF4O3. The number of carbonyl (C=O) groups is 1.